The van der Waals surface area contributed by atoms with Gasteiger partial charge in [-0.2, -0.15) is 0 Å². The van der Waals surface area contributed by atoms with E-state index in [4.69, 9.17) is 4.74 Å². The first-order valence-electron chi connectivity index (χ1n) is 8.42. The number of hydrogen-bond acceptors (Lipinski definition) is 3. The smallest absolute Gasteiger partial charge is 0.357 e. The number of carbonyl (C=O) groups excluding carboxylic acids is 1. The normalized spacial score (nSPS) is 11.3. The quantitative estimate of drug-likeness (QED) is 0.640. The molecule has 0 amide bonds. The van der Waals surface area contributed by atoms with E-state index in [1.54, 1.807) is 6.20 Å². The van der Waals surface area contributed by atoms with Gasteiger partial charge in [0, 0.05) is 23.7 Å². The second kappa shape index (κ2) is 7.34. The molecule has 1 aromatic carbocycles. The number of hydrogen-bond donors (Lipinski definition) is 0. The molecule has 0 aliphatic heterocycles. The maximum atomic E-state index is 12.0. The molecule has 0 N–H and O–H groups in total. The summed E-state index contributed by atoms with van der Waals surface area (Å²) in [4.78, 5) is 16.4. The van der Waals surface area contributed by atoms with Gasteiger partial charge in [-0.1, -0.05) is 48.9 Å². The van der Waals surface area contributed by atoms with Crippen molar-refractivity contribution in [1.29, 1.82) is 0 Å². The minimum atomic E-state index is -0.413. The highest BCUT2D eigenvalue weighted by Crippen LogP contribution is 2.25. The number of allylic oxidation sites excluding steroid dienone is 1. The highest BCUT2D eigenvalue weighted by atomic mass is 16.5. The van der Waals surface area contributed by atoms with Gasteiger partial charge in [0.05, 0.1) is 18.8 Å². The fourth-order valence-corrected chi connectivity index (χ4v) is 2.87. The number of esters is 1. The predicted molar refractivity (Wildman–Crippen MR) is 101 cm³/mol. The summed E-state index contributed by atoms with van der Waals surface area (Å²) < 4.78 is 7.03. The lowest BCUT2D eigenvalue weighted by atomic mass is 10.1. The molecular weight excluding hydrogens is 312 g/mol. The van der Waals surface area contributed by atoms with Gasteiger partial charge in [-0.05, 0) is 25.0 Å². The Morgan fingerprint density at radius 2 is 2.00 bits per heavy atom. The summed E-state index contributed by atoms with van der Waals surface area (Å²) in [5.41, 5.74) is 4.65. The van der Waals surface area contributed by atoms with E-state index < -0.39 is 5.97 Å². The number of aryl methyl sites for hydroxylation is 1. The van der Waals surface area contributed by atoms with Crippen LogP contribution in [0, 0.1) is 6.92 Å². The third-order valence-corrected chi connectivity index (χ3v) is 4.24. The van der Waals surface area contributed by atoms with Gasteiger partial charge in [0.15, 0.2) is 5.69 Å². The average molecular weight is 334 g/mol. The number of ether oxygens (including phenoxy) is 1. The van der Waals surface area contributed by atoms with E-state index >= 15 is 0 Å². The molecule has 4 heteroatoms. The van der Waals surface area contributed by atoms with Crippen LogP contribution in [0.3, 0.4) is 0 Å². The maximum Gasteiger partial charge on any atom is 0.357 e. The molecule has 0 spiro atoms. The van der Waals surface area contributed by atoms with Crippen molar-refractivity contribution in [1.82, 2.24) is 9.55 Å². The Kier molecular flexibility index (Phi) is 4.98. The number of fused-ring (bicyclic) bond motifs is 1. The fraction of sp³-hybridized carbons (Fsp3) is 0.238. The molecule has 25 heavy (non-hydrogen) atoms. The van der Waals surface area contributed by atoms with E-state index in [-0.39, 0.29) is 0 Å². The topological polar surface area (TPSA) is 44.1 Å². The van der Waals surface area contributed by atoms with Crippen molar-refractivity contribution < 1.29 is 9.53 Å². The summed E-state index contributed by atoms with van der Waals surface area (Å²) >= 11 is 0. The van der Waals surface area contributed by atoms with Gasteiger partial charge in [0.2, 0.25) is 0 Å². The molecule has 0 saturated heterocycles. The Balaban J connectivity index is 2.07. The van der Waals surface area contributed by atoms with Crippen molar-refractivity contribution >= 4 is 22.9 Å². The van der Waals surface area contributed by atoms with Crippen LogP contribution in [0.2, 0.25) is 0 Å². The molecule has 0 fully saturated rings. The van der Waals surface area contributed by atoms with Gasteiger partial charge in [-0.3, -0.25) is 0 Å². The minimum Gasteiger partial charge on any atom is -0.464 e. The lowest BCUT2D eigenvalue weighted by Crippen LogP contribution is -2.07. The Hall–Kier alpha value is -2.88. The van der Waals surface area contributed by atoms with Crippen molar-refractivity contribution in [3.63, 3.8) is 0 Å². The molecule has 0 radical (unpaired) electrons. The Labute approximate surface area is 147 Å². The van der Waals surface area contributed by atoms with E-state index in [0.717, 1.165) is 29.4 Å². The van der Waals surface area contributed by atoms with E-state index in [9.17, 15) is 4.79 Å². The number of aromatic nitrogens is 2. The zero-order valence-corrected chi connectivity index (χ0v) is 14.8. The number of rotatable bonds is 5. The largest absolute Gasteiger partial charge is 0.464 e. The van der Waals surface area contributed by atoms with Gasteiger partial charge in [0.25, 0.3) is 0 Å². The summed E-state index contributed by atoms with van der Waals surface area (Å²) in [5, 5.41) is 1.01. The first kappa shape index (κ1) is 17.0. The molecule has 0 saturated carbocycles. The van der Waals surface area contributed by atoms with Gasteiger partial charge < -0.3 is 9.30 Å². The lowest BCUT2D eigenvalue weighted by molar-refractivity contribution is 0.0594. The summed E-state index contributed by atoms with van der Waals surface area (Å²) in [6.07, 6.45) is 8.66. The molecule has 3 aromatic rings. The second-order valence-electron chi connectivity index (χ2n) is 6.05. The third-order valence-electron chi connectivity index (χ3n) is 4.24. The molecule has 3 rings (SSSR count). The minimum absolute atomic E-state index is 0.354. The first-order chi connectivity index (χ1) is 12.1. The average Bonchev–Trinajstić information content (AvgIpc) is 3.04. The number of carbonyl (C=O) groups is 1. The number of pyridine rings is 1. The summed E-state index contributed by atoms with van der Waals surface area (Å²) in [7, 11) is 1.38. The molecule has 0 atom stereocenters. The summed E-state index contributed by atoms with van der Waals surface area (Å²) in [6.45, 7) is 4.91. The Morgan fingerprint density at radius 3 is 2.68 bits per heavy atom. The number of methoxy groups -OCH3 is 1. The summed E-state index contributed by atoms with van der Waals surface area (Å²) in [6, 6.07) is 10.5. The van der Waals surface area contributed by atoms with E-state index in [0.29, 0.717) is 5.69 Å². The van der Waals surface area contributed by atoms with Crippen molar-refractivity contribution in [3.8, 4) is 0 Å². The molecule has 0 unspecified atom stereocenters. The monoisotopic (exact) mass is 334 g/mol. The fourth-order valence-electron chi connectivity index (χ4n) is 2.87. The van der Waals surface area contributed by atoms with Crippen LogP contribution < -0.4 is 0 Å². The van der Waals surface area contributed by atoms with Crippen LogP contribution in [-0.4, -0.2) is 22.6 Å². The van der Waals surface area contributed by atoms with Crippen molar-refractivity contribution in [2.45, 2.75) is 26.8 Å². The van der Waals surface area contributed by atoms with Gasteiger partial charge in [-0.25, -0.2) is 9.78 Å². The number of nitrogens with zero attached hydrogens (tertiary/aromatic N) is 2. The van der Waals surface area contributed by atoms with E-state index in [1.165, 1.54) is 18.2 Å². The lowest BCUT2D eigenvalue weighted by Gasteiger charge is -2.09. The van der Waals surface area contributed by atoms with Crippen LogP contribution >= 0.6 is 0 Å². The summed E-state index contributed by atoms with van der Waals surface area (Å²) in [5.74, 6) is -0.413. The van der Waals surface area contributed by atoms with Crippen LogP contribution in [0.1, 0.15) is 40.5 Å². The second-order valence-corrected chi connectivity index (χ2v) is 6.05. The van der Waals surface area contributed by atoms with E-state index in [2.05, 4.69) is 47.7 Å². The van der Waals surface area contributed by atoms with Gasteiger partial charge in [-0.15, -0.1) is 0 Å². The predicted octanol–water partition coefficient (Wildman–Crippen LogP) is 4.60. The molecule has 2 heterocycles. The highest BCUT2D eigenvalue weighted by molar-refractivity contribution is 6.00. The molecule has 4 nitrogen and oxygen atoms in total. The van der Waals surface area contributed by atoms with Crippen molar-refractivity contribution in [2.24, 2.45) is 0 Å². The van der Waals surface area contributed by atoms with Gasteiger partial charge in [0.1, 0.15) is 0 Å². The number of benzene rings is 1. The molecular formula is C21H22N2O2. The van der Waals surface area contributed by atoms with Crippen LogP contribution in [0.15, 0.2) is 48.8 Å². The van der Waals surface area contributed by atoms with Crippen molar-refractivity contribution in [2.75, 3.05) is 7.11 Å². The molecule has 0 aliphatic rings. The van der Waals surface area contributed by atoms with Crippen LogP contribution in [0.5, 0.6) is 0 Å². The molecule has 128 valence electrons. The zero-order chi connectivity index (χ0) is 17.8. The highest BCUT2D eigenvalue weighted by Gasteiger charge is 2.16. The zero-order valence-electron chi connectivity index (χ0n) is 14.8. The SMILES string of the molecule is CC/C=C\c1c(C(=O)OC)ncc2c1ccn2Cc1ccc(C)cc1. The van der Waals surface area contributed by atoms with E-state index in [1.807, 2.05) is 24.4 Å². The Morgan fingerprint density at radius 1 is 1.24 bits per heavy atom. The third kappa shape index (κ3) is 3.48. The van der Waals surface area contributed by atoms with Crippen LogP contribution in [0.25, 0.3) is 17.0 Å². The molecule has 2 aromatic heterocycles. The van der Waals surface area contributed by atoms with Gasteiger partial charge >= 0.3 is 5.97 Å². The molecule has 0 bridgehead atoms. The van der Waals surface area contributed by atoms with Crippen LogP contribution in [0.4, 0.5) is 0 Å². The van der Waals surface area contributed by atoms with Crippen molar-refractivity contribution in [3.05, 3.63) is 71.2 Å². The van der Waals surface area contributed by atoms with Crippen LogP contribution in [-0.2, 0) is 11.3 Å². The standard InChI is InChI=1S/C21H22N2O2/c1-4-5-6-18-17-11-12-23(14-16-9-7-15(2)8-10-16)19(17)13-22-20(18)21(24)25-3/h5-13H,4,14H2,1-3H3/b6-5-. The maximum absolute atomic E-state index is 12.0. The first-order valence-corrected chi connectivity index (χ1v) is 8.42. The Bertz CT molecular complexity index is 921. The molecule has 0 aliphatic carbocycles.